The maximum atomic E-state index is 14.0. The fraction of sp³-hybridized carbons (Fsp3) is 0.478. The number of allylic oxidation sites excluding steroid dienone is 6. The van der Waals surface area contributed by atoms with Crippen LogP contribution in [0.1, 0.15) is 20.3 Å². The van der Waals surface area contributed by atoms with Crippen LogP contribution in [-0.4, -0.2) is 43.7 Å². The average Bonchev–Trinajstić information content (AvgIpc) is 3.30. The molecule has 0 aromatic rings. The quantitative estimate of drug-likeness (QED) is 0.149. The summed E-state index contributed by atoms with van der Waals surface area (Å²) in [5.74, 6) is 0.282. The minimum absolute atomic E-state index is 0.00566. The minimum atomic E-state index is -2.65. The molecular formula is C23H28F2IN4O2-. The molecule has 9 heteroatoms. The first-order chi connectivity index (χ1) is 15.2. The number of nitrogens with one attached hydrogen (secondary N) is 2. The summed E-state index contributed by atoms with van der Waals surface area (Å²) >= 11 is -1.28. The van der Waals surface area contributed by atoms with Crippen LogP contribution in [-0.2, 0) is 4.79 Å². The molecule has 174 valence electrons. The van der Waals surface area contributed by atoms with E-state index in [1.165, 1.54) is 0 Å². The number of fused-ring (bicyclic) bond motifs is 1. The number of alkyl halides is 4. The van der Waals surface area contributed by atoms with Crippen molar-refractivity contribution in [2.75, 3.05) is 18.1 Å². The van der Waals surface area contributed by atoms with Crippen LogP contribution in [0.4, 0.5) is 8.78 Å². The van der Waals surface area contributed by atoms with E-state index in [2.05, 4.69) is 21.7 Å². The summed E-state index contributed by atoms with van der Waals surface area (Å²) in [5.41, 5.74) is 1.92. The second kappa shape index (κ2) is 8.99. The molecule has 1 saturated heterocycles. The van der Waals surface area contributed by atoms with Gasteiger partial charge < -0.3 is 5.11 Å². The number of aliphatic imine (C=N–C) groups is 1. The topological polar surface area (TPSA) is 77.0 Å². The predicted octanol–water partition coefficient (Wildman–Crippen LogP) is 0.261. The molecule has 0 aromatic heterocycles. The van der Waals surface area contributed by atoms with E-state index in [9.17, 15) is 18.7 Å². The van der Waals surface area contributed by atoms with Crippen LogP contribution in [0.3, 0.4) is 0 Å². The van der Waals surface area contributed by atoms with Crippen LogP contribution in [0, 0.1) is 23.7 Å². The monoisotopic (exact) mass is 557 g/mol. The fourth-order valence-electron chi connectivity index (χ4n) is 4.63. The van der Waals surface area contributed by atoms with Gasteiger partial charge >= 0.3 is 192 Å². The molecule has 1 amide bonds. The number of halogens is 3. The van der Waals surface area contributed by atoms with Crippen molar-refractivity contribution in [1.82, 2.24) is 15.5 Å². The van der Waals surface area contributed by atoms with Gasteiger partial charge in [0.25, 0.3) is 0 Å². The summed E-state index contributed by atoms with van der Waals surface area (Å²) in [6.07, 6.45) is 12.0. The standard InChI is InChI=1S/C23H28F2IN4O2/c1-13-5-4-6-16(13)20(21(27-3)30-11-23(24,25)26-12-30)22(32)28-15-7-8-18-17(10-15)14(2)9-19(31)29-18/h4-5,7-10,13-14,16-17,27,31H,6,11-12H2,1-3H3,(H,28,32)/q-1/b21-20-/t13?,14?,16-,17?/m0/s1. The first-order valence-corrected chi connectivity index (χ1v) is 13.3. The van der Waals surface area contributed by atoms with E-state index in [0.29, 0.717) is 28.1 Å². The number of carbonyl (C=O) groups excluding carboxylic acids is 1. The third kappa shape index (κ3) is 4.62. The number of aliphatic hydroxyl groups excluding tert-OH is 1. The van der Waals surface area contributed by atoms with Crippen molar-refractivity contribution in [1.29, 1.82) is 0 Å². The SMILES string of the molecule is CN/C(=C(/C(=O)NC1=CC2C(=NC(O)=CC2C)C=C1)[C@H]1CC=CC1C)N1C[I-]C(F)(F)C1. The number of amides is 1. The summed E-state index contributed by atoms with van der Waals surface area (Å²) < 4.78 is 25.7. The summed E-state index contributed by atoms with van der Waals surface area (Å²) in [7, 11) is 1.69. The Labute approximate surface area is 197 Å². The van der Waals surface area contributed by atoms with E-state index in [-0.39, 0.29) is 42.0 Å². The number of rotatable bonds is 5. The van der Waals surface area contributed by atoms with Crippen molar-refractivity contribution in [2.24, 2.45) is 28.7 Å². The molecule has 0 saturated carbocycles. The van der Waals surface area contributed by atoms with E-state index in [4.69, 9.17) is 0 Å². The van der Waals surface area contributed by atoms with Crippen molar-refractivity contribution < 1.29 is 39.9 Å². The van der Waals surface area contributed by atoms with Gasteiger partial charge in [-0.15, -0.1) is 0 Å². The van der Waals surface area contributed by atoms with Gasteiger partial charge in [0.1, 0.15) is 0 Å². The Morgan fingerprint density at radius 2 is 2.06 bits per heavy atom. The summed E-state index contributed by atoms with van der Waals surface area (Å²) in [4.78, 5) is 19.4. The van der Waals surface area contributed by atoms with Crippen LogP contribution in [0.15, 0.2) is 64.4 Å². The van der Waals surface area contributed by atoms with E-state index in [1.807, 2.05) is 26.0 Å². The molecule has 4 rings (SSSR count). The van der Waals surface area contributed by atoms with Crippen LogP contribution >= 0.6 is 0 Å². The molecule has 0 bridgehead atoms. The van der Waals surface area contributed by atoms with Gasteiger partial charge in [-0.1, -0.05) is 0 Å². The van der Waals surface area contributed by atoms with Gasteiger partial charge in [-0.2, -0.15) is 0 Å². The number of nitrogens with zero attached hydrogens (tertiary/aromatic N) is 2. The third-order valence-corrected chi connectivity index (χ3v) is 8.89. The van der Waals surface area contributed by atoms with E-state index in [0.717, 1.165) is 5.71 Å². The molecule has 2 heterocycles. The Hall–Kier alpha value is -2.17. The van der Waals surface area contributed by atoms with Gasteiger partial charge in [0.05, 0.1) is 0 Å². The summed E-state index contributed by atoms with van der Waals surface area (Å²) in [5, 5.41) is 15.8. The average molecular weight is 557 g/mol. The van der Waals surface area contributed by atoms with Crippen molar-refractivity contribution in [3.05, 3.63) is 59.4 Å². The Morgan fingerprint density at radius 1 is 1.28 bits per heavy atom. The second-order valence-corrected chi connectivity index (χ2v) is 11.6. The number of hydrogen-bond acceptors (Lipinski definition) is 5. The zero-order valence-electron chi connectivity index (χ0n) is 18.3. The molecule has 3 unspecified atom stereocenters. The van der Waals surface area contributed by atoms with Crippen molar-refractivity contribution in [3.63, 3.8) is 0 Å². The fourth-order valence-corrected chi connectivity index (χ4v) is 6.77. The number of aliphatic hydroxyl groups is 1. The van der Waals surface area contributed by atoms with Gasteiger partial charge in [0.15, 0.2) is 0 Å². The Balaban J connectivity index is 1.62. The summed E-state index contributed by atoms with van der Waals surface area (Å²) in [6, 6.07) is 0. The van der Waals surface area contributed by atoms with E-state index < -0.39 is 25.1 Å². The molecule has 4 atom stereocenters. The zero-order chi connectivity index (χ0) is 23.0. The number of hydrogen-bond donors (Lipinski definition) is 3. The normalized spacial score (nSPS) is 31.7. The summed E-state index contributed by atoms with van der Waals surface area (Å²) in [6.45, 7) is 3.68. The van der Waals surface area contributed by atoms with Gasteiger partial charge in [-0.25, -0.2) is 0 Å². The molecule has 3 N–H and O–H groups in total. The molecule has 32 heavy (non-hydrogen) atoms. The van der Waals surface area contributed by atoms with E-state index in [1.54, 1.807) is 30.2 Å². The first kappa shape index (κ1) is 23.0. The van der Waals surface area contributed by atoms with E-state index >= 15 is 0 Å². The molecule has 2 aliphatic carbocycles. The van der Waals surface area contributed by atoms with Crippen molar-refractivity contribution >= 4 is 11.6 Å². The molecule has 2 aliphatic heterocycles. The Kier molecular flexibility index (Phi) is 6.46. The molecule has 0 spiro atoms. The number of carbonyl (C=O) groups is 1. The molecule has 0 aromatic carbocycles. The Morgan fingerprint density at radius 3 is 2.69 bits per heavy atom. The molecule has 0 radical (unpaired) electrons. The van der Waals surface area contributed by atoms with Gasteiger partial charge in [-0.3, -0.25) is 0 Å². The molecule has 4 aliphatic rings. The van der Waals surface area contributed by atoms with Gasteiger partial charge in [0, 0.05) is 0 Å². The van der Waals surface area contributed by atoms with Crippen LogP contribution < -0.4 is 31.8 Å². The van der Waals surface area contributed by atoms with Crippen molar-refractivity contribution in [2.45, 2.75) is 24.2 Å². The van der Waals surface area contributed by atoms with Crippen LogP contribution in [0.5, 0.6) is 0 Å². The molecule has 6 nitrogen and oxygen atoms in total. The van der Waals surface area contributed by atoms with Crippen LogP contribution in [0.2, 0.25) is 0 Å². The Bertz CT molecular complexity index is 982. The zero-order valence-corrected chi connectivity index (χ0v) is 20.4. The van der Waals surface area contributed by atoms with Gasteiger partial charge in [0.2, 0.25) is 0 Å². The van der Waals surface area contributed by atoms with Crippen molar-refractivity contribution in [3.8, 4) is 0 Å². The third-order valence-electron chi connectivity index (χ3n) is 6.27. The predicted molar refractivity (Wildman–Crippen MR) is 115 cm³/mol. The maximum absolute atomic E-state index is 14.0. The molecule has 1 fully saturated rings. The second-order valence-electron chi connectivity index (χ2n) is 8.56. The molecular weight excluding hydrogens is 529 g/mol. The van der Waals surface area contributed by atoms with Gasteiger partial charge in [-0.05, 0) is 0 Å². The first-order valence-electron chi connectivity index (χ1n) is 10.7. The van der Waals surface area contributed by atoms with Crippen LogP contribution in [0.25, 0.3) is 0 Å².